The quantitative estimate of drug-likeness (QED) is 0.433. The van der Waals surface area contributed by atoms with Gasteiger partial charge in [0.15, 0.2) is 0 Å². The first-order chi connectivity index (χ1) is 8.98. The van der Waals surface area contributed by atoms with E-state index in [1.54, 1.807) is 19.1 Å². The van der Waals surface area contributed by atoms with Gasteiger partial charge < -0.3 is 9.47 Å². The lowest BCUT2D eigenvalue weighted by molar-refractivity contribution is 0.0526. The van der Waals surface area contributed by atoms with Crippen LogP contribution in [0.25, 0.3) is 0 Å². The van der Waals surface area contributed by atoms with Crippen LogP contribution in [0.5, 0.6) is 5.75 Å². The van der Waals surface area contributed by atoms with E-state index >= 15 is 0 Å². The number of carbonyl (C=O) groups excluding carboxylic acids is 1. The molecule has 1 rings (SSSR count). The monoisotopic (exact) mass is 278 g/mol. The summed E-state index contributed by atoms with van der Waals surface area (Å²) in [6, 6.07) is 8.12. The van der Waals surface area contributed by atoms with Crippen LogP contribution in [0.3, 0.4) is 0 Å². The molecule has 19 heavy (non-hydrogen) atoms. The van der Waals surface area contributed by atoms with Gasteiger partial charge in [0.2, 0.25) is 0 Å². The van der Waals surface area contributed by atoms with Gasteiger partial charge in [0.25, 0.3) is 0 Å². The second kappa shape index (κ2) is 7.14. The lowest BCUT2D eigenvalue weighted by Gasteiger charge is -2.20. The molecule has 0 aromatic heterocycles. The van der Waals surface area contributed by atoms with Crippen LogP contribution in [-0.4, -0.2) is 26.9 Å². The molecule has 0 aliphatic rings. The number of hydrogen-bond donors (Lipinski definition) is 0. The van der Waals surface area contributed by atoms with E-state index in [1.807, 2.05) is 18.2 Å². The highest BCUT2D eigenvalue weighted by Crippen LogP contribution is 2.16. The fourth-order valence-corrected chi connectivity index (χ4v) is 3.09. The number of esters is 1. The Morgan fingerprint density at radius 2 is 1.95 bits per heavy atom. The van der Waals surface area contributed by atoms with E-state index < -0.39 is 8.07 Å². The van der Waals surface area contributed by atoms with Crippen molar-refractivity contribution in [3.05, 3.63) is 42.5 Å². The minimum absolute atomic E-state index is 0.296. The molecule has 1 aromatic rings. The number of allylic oxidation sites excluding steroid dienone is 1. The molecule has 0 saturated heterocycles. The summed E-state index contributed by atoms with van der Waals surface area (Å²) in [5.74, 6) is 0.494. The fourth-order valence-electron chi connectivity index (χ4n) is 1.63. The van der Waals surface area contributed by atoms with Crippen LogP contribution in [0, 0.1) is 0 Å². The smallest absolute Gasteiger partial charge is 0.338 e. The minimum Gasteiger partial charge on any atom is -0.497 e. The Morgan fingerprint density at radius 1 is 1.32 bits per heavy atom. The molecule has 0 radical (unpaired) electrons. The predicted molar refractivity (Wildman–Crippen MR) is 80.4 cm³/mol. The zero-order valence-electron chi connectivity index (χ0n) is 11.9. The zero-order valence-corrected chi connectivity index (χ0v) is 12.9. The summed E-state index contributed by atoms with van der Waals surface area (Å²) >= 11 is 0. The molecule has 104 valence electrons. The van der Waals surface area contributed by atoms with E-state index in [0.29, 0.717) is 12.2 Å². The van der Waals surface area contributed by atoms with E-state index in [9.17, 15) is 4.79 Å². The van der Waals surface area contributed by atoms with Crippen molar-refractivity contribution in [2.45, 2.75) is 26.1 Å². The van der Waals surface area contributed by atoms with Gasteiger partial charge in [0.05, 0.1) is 26.5 Å². The van der Waals surface area contributed by atoms with Crippen LogP contribution in [-0.2, 0) is 4.74 Å². The van der Waals surface area contributed by atoms with Crippen molar-refractivity contribution in [2.75, 3.05) is 12.8 Å². The third kappa shape index (κ3) is 5.30. The lowest BCUT2D eigenvalue weighted by Crippen LogP contribution is -2.33. The van der Waals surface area contributed by atoms with Crippen LogP contribution >= 0.6 is 0 Å². The maximum atomic E-state index is 11.5. The van der Waals surface area contributed by atoms with E-state index in [0.717, 1.165) is 18.0 Å². The number of carbonyl (C=O) groups is 1. The fraction of sp³-hybridized carbons (Fsp3) is 0.400. The first-order valence-corrected chi connectivity index (χ1v) is 9.91. The minimum atomic E-state index is -1.37. The standard InChI is InChI=1S/C15H22O3Si/c1-5-11-19(3,4)12-18-14-9-7-13(8-10-14)15(16)17-6-2/h5,7-10H,1,6,11-12H2,2-4H3. The first kappa shape index (κ1) is 15.5. The van der Waals surface area contributed by atoms with Gasteiger partial charge in [-0.25, -0.2) is 4.79 Å². The second-order valence-corrected chi connectivity index (χ2v) is 10.2. The Labute approximate surface area is 116 Å². The largest absolute Gasteiger partial charge is 0.497 e. The van der Waals surface area contributed by atoms with Crippen LogP contribution in [0.15, 0.2) is 36.9 Å². The van der Waals surface area contributed by atoms with Crippen LogP contribution in [0.1, 0.15) is 17.3 Å². The topological polar surface area (TPSA) is 35.5 Å². The van der Waals surface area contributed by atoms with E-state index in [2.05, 4.69) is 19.7 Å². The van der Waals surface area contributed by atoms with Gasteiger partial charge in [0, 0.05) is 0 Å². The van der Waals surface area contributed by atoms with Crippen molar-refractivity contribution < 1.29 is 14.3 Å². The average Bonchev–Trinajstić information content (AvgIpc) is 2.37. The summed E-state index contributed by atoms with van der Waals surface area (Å²) in [5.41, 5.74) is 0.553. The maximum Gasteiger partial charge on any atom is 0.338 e. The molecule has 0 aliphatic heterocycles. The summed E-state index contributed by atoms with van der Waals surface area (Å²) in [4.78, 5) is 11.5. The van der Waals surface area contributed by atoms with E-state index in [4.69, 9.17) is 9.47 Å². The first-order valence-electron chi connectivity index (χ1n) is 6.49. The number of ether oxygens (including phenoxy) is 2. The Bertz CT molecular complexity index is 424. The molecule has 4 heteroatoms. The van der Waals surface area contributed by atoms with Crippen molar-refractivity contribution in [1.29, 1.82) is 0 Å². The van der Waals surface area contributed by atoms with Gasteiger partial charge in [0.1, 0.15) is 5.75 Å². The molecular weight excluding hydrogens is 256 g/mol. The van der Waals surface area contributed by atoms with Crippen LogP contribution < -0.4 is 4.74 Å². The van der Waals surface area contributed by atoms with Crippen molar-refractivity contribution in [3.8, 4) is 5.75 Å². The van der Waals surface area contributed by atoms with Crippen molar-refractivity contribution in [2.24, 2.45) is 0 Å². The third-order valence-electron chi connectivity index (χ3n) is 2.69. The molecule has 3 nitrogen and oxygen atoms in total. The Balaban J connectivity index is 2.57. The number of rotatable bonds is 7. The van der Waals surface area contributed by atoms with Gasteiger partial charge in [-0.1, -0.05) is 19.2 Å². The highest BCUT2D eigenvalue weighted by molar-refractivity contribution is 6.77. The van der Waals surface area contributed by atoms with Crippen LogP contribution in [0.4, 0.5) is 0 Å². The normalized spacial score (nSPS) is 10.9. The Hall–Kier alpha value is -1.55. The molecule has 0 bridgehead atoms. The lowest BCUT2D eigenvalue weighted by atomic mass is 10.2. The highest BCUT2D eigenvalue weighted by Gasteiger charge is 2.20. The van der Waals surface area contributed by atoms with Crippen LogP contribution in [0.2, 0.25) is 19.1 Å². The Kier molecular flexibility index (Phi) is 5.82. The molecule has 0 unspecified atom stereocenters. The van der Waals surface area contributed by atoms with Gasteiger partial charge in [-0.15, -0.1) is 6.58 Å². The summed E-state index contributed by atoms with van der Waals surface area (Å²) in [6.07, 6.45) is 2.71. The maximum absolute atomic E-state index is 11.5. The molecule has 0 fully saturated rings. The Morgan fingerprint density at radius 3 is 2.47 bits per heavy atom. The molecule has 0 aliphatic carbocycles. The van der Waals surface area contributed by atoms with Crippen molar-refractivity contribution >= 4 is 14.0 Å². The predicted octanol–water partition coefficient (Wildman–Crippen LogP) is 3.68. The number of hydrogen-bond acceptors (Lipinski definition) is 3. The van der Waals surface area contributed by atoms with Gasteiger partial charge in [-0.3, -0.25) is 0 Å². The van der Waals surface area contributed by atoms with Gasteiger partial charge >= 0.3 is 5.97 Å². The molecule has 0 heterocycles. The summed E-state index contributed by atoms with van der Waals surface area (Å²) in [5, 5.41) is 0. The molecule has 0 atom stereocenters. The zero-order chi connectivity index (χ0) is 14.3. The molecule has 0 amide bonds. The van der Waals surface area contributed by atoms with Gasteiger partial charge in [-0.2, -0.15) is 0 Å². The average molecular weight is 278 g/mol. The molecule has 0 spiro atoms. The molecular formula is C15H22O3Si. The summed E-state index contributed by atoms with van der Waals surface area (Å²) in [7, 11) is -1.37. The third-order valence-corrected chi connectivity index (χ3v) is 5.01. The summed E-state index contributed by atoms with van der Waals surface area (Å²) < 4.78 is 10.7. The SMILES string of the molecule is C=CC[Si](C)(C)COc1ccc(C(=O)OCC)cc1. The number of benzene rings is 1. The molecule has 0 N–H and O–H groups in total. The molecule has 1 aromatic carbocycles. The van der Waals surface area contributed by atoms with E-state index in [-0.39, 0.29) is 5.97 Å². The van der Waals surface area contributed by atoms with Gasteiger partial charge in [-0.05, 0) is 37.2 Å². The van der Waals surface area contributed by atoms with Crippen molar-refractivity contribution in [1.82, 2.24) is 0 Å². The molecule has 0 saturated carbocycles. The second-order valence-electron chi connectivity index (χ2n) is 5.19. The van der Waals surface area contributed by atoms with E-state index in [1.165, 1.54) is 0 Å². The summed E-state index contributed by atoms with van der Waals surface area (Å²) in [6.45, 7) is 10.5. The van der Waals surface area contributed by atoms with Crippen molar-refractivity contribution in [3.63, 3.8) is 0 Å². The highest BCUT2D eigenvalue weighted by atomic mass is 28.3.